The molecule has 37 heavy (non-hydrogen) atoms. The van der Waals surface area contributed by atoms with Crippen LogP contribution in [0.3, 0.4) is 0 Å². The smallest absolute Gasteiger partial charge is 0.322 e. The third-order valence-electron chi connectivity index (χ3n) is 8.67. The molecule has 196 valence electrons. The van der Waals surface area contributed by atoms with Gasteiger partial charge < -0.3 is 20.2 Å². The van der Waals surface area contributed by atoms with Gasteiger partial charge in [-0.1, -0.05) is 23.7 Å². The highest BCUT2D eigenvalue weighted by molar-refractivity contribution is 6.31. The maximum atomic E-state index is 13.6. The van der Waals surface area contributed by atoms with Gasteiger partial charge in [-0.15, -0.1) is 0 Å². The maximum Gasteiger partial charge on any atom is 0.322 e. The highest BCUT2D eigenvalue weighted by Crippen LogP contribution is 2.62. The van der Waals surface area contributed by atoms with Crippen molar-refractivity contribution in [3.63, 3.8) is 0 Å². The summed E-state index contributed by atoms with van der Waals surface area (Å²) in [6.45, 7) is 3.37. The van der Waals surface area contributed by atoms with Gasteiger partial charge in [0.1, 0.15) is 5.82 Å². The minimum Gasteiger partial charge on any atom is -0.396 e. The van der Waals surface area contributed by atoms with E-state index in [1.54, 1.807) is 0 Å². The molecule has 2 aliphatic carbocycles. The number of amides is 2. The topological polar surface area (TPSA) is 79.6 Å². The van der Waals surface area contributed by atoms with Crippen LogP contribution in [-0.4, -0.2) is 59.8 Å². The first-order valence-corrected chi connectivity index (χ1v) is 13.7. The second kappa shape index (κ2) is 11.0. The van der Waals surface area contributed by atoms with E-state index in [4.69, 9.17) is 11.6 Å². The van der Waals surface area contributed by atoms with Crippen LogP contribution in [0, 0.1) is 29.0 Å². The molecule has 2 unspecified atom stereocenters. The van der Waals surface area contributed by atoms with Crippen LogP contribution in [0.1, 0.15) is 49.7 Å². The zero-order valence-corrected chi connectivity index (χ0v) is 21.8. The second-order valence-electron chi connectivity index (χ2n) is 10.9. The molecule has 1 saturated heterocycles. The molecule has 2 aromatic carbocycles. The lowest BCUT2D eigenvalue weighted by atomic mass is 9.80. The van der Waals surface area contributed by atoms with E-state index < -0.39 is 5.82 Å². The Balaban J connectivity index is 1.29. The van der Waals surface area contributed by atoms with Crippen LogP contribution >= 0.6 is 11.6 Å². The predicted molar refractivity (Wildman–Crippen MR) is 142 cm³/mol. The lowest BCUT2D eigenvalue weighted by Gasteiger charge is -2.39. The molecule has 0 spiro atoms. The summed E-state index contributed by atoms with van der Waals surface area (Å²) in [5, 5.41) is 21.9. The Morgan fingerprint density at radius 3 is 2.92 bits per heavy atom. The zero-order chi connectivity index (χ0) is 26.0. The molecule has 0 aromatic heterocycles. The molecule has 8 heteroatoms. The van der Waals surface area contributed by atoms with Crippen LogP contribution in [0.4, 0.5) is 14.9 Å². The Bertz CT molecular complexity index is 1190. The minimum atomic E-state index is -0.516. The van der Waals surface area contributed by atoms with Crippen molar-refractivity contribution >= 4 is 23.3 Å². The molecule has 1 aliphatic heterocycles. The van der Waals surface area contributed by atoms with Crippen molar-refractivity contribution in [3.8, 4) is 6.07 Å². The van der Waals surface area contributed by atoms with Gasteiger partial charge in [-0.05, 0) is 98.2 Å². The monoisotopic (exact) mass is 524 g/mol. The molecule has 2 aromatic rings. The van der Waals surface area contributed by atoms with Gasteiger partial charge in [-0.3, -0.25) is 0 Å². The fourth-order valence-electron chi connectivity index (χ4n) is 6.52. The van der Waals surface area contributed by atoms with E-state index in [0.29, 0.717) is 29.6 Å². The number of benzene rings is 2. The predicted octanol–water partition coefficient (Wildman–Crippen LogP) is 5.40. The van der Waals surface area contributed by atoms with E-state index in [-0.39, 0.29) is 29.1 Å². The number of nitriles is 1. The van der Waals surface area contributed by atoms with Gasteiger partial charge in [0, 0.05) is 38.0 Å². The molecule has 2 amide bonds. The zero-order valence-electron chi connectivity index (χ0n) is 21.0. The molecular weight excluding hydrogens is 491 g/mol. The summed E-state index contributed by atoms with van der Waals surface area (Å²) in [5.74, 6) is 0.269. The van der Waals surface area contributed by atoms with Crippen molar-refractivity contribution in [1.29, 1.82) is 5.26 Å². The Labute approximate surface area is 223 Å². The fraction of sp³-hybridized carbons (Fsp3) is 0.517. The summed E-state index contributed by atoms with van der Waals surface area (Å²) in [4.78, 5) is 17.8. The number of nitrogens with zero attached hydrogens (tertiary/aromatic N) is 3. The van der Waals surface area contributed by atoms with E-state index in [2.05, 4.69) is 22.4 Å². The minimum absolute atomic E-state index is 0.0206. The molecule has 0 radical (unpaired) electrons. The number of anilines is 1. The van der Waals surface area contributed by atoms with Crippen molar-refractivity contribution in [2.24, 2.45) is 11.8 Å². The number of aliphatic hydroxyl groups excluding tert-OH is 1. The number of carbonyl (C=O) groups excluding carboxylic acids is 1. The largest absolute Gasteiger partial charge is 0.396 e. The normalized spacial score (nSPS) is 27.1. The van der Waals surface area contributed by atoms with Crippen LogP contribution in [0.15, 0.2) is 42.5 Å². The number of likely N-dealkylation sites (tertiary alicyclic amines) is 1. The average Bonchev–Trinajstić information content (AvgIpc) is 3.66. The van der Waals surface area contributed by atoms with Crippen LogP contribution in [0.2, 0.25) is 5.02 Å². The maximum absolute atomic E-state index is 13.6. The highest BCUT2D eigenvalue weighted by atomic mass is 35.5. The Morgan fingerprint density at radius 1 is 1.30 bits per heavy atom. The van der Waals surface area contributed by atoms with Crippen LogP contribution in [-0.2, 0) is 5.41 Å². The van der Waals surface area contributed by atoms with Gasteiger partial charge >= 0.3 is 6.03 Å². The van der Waals surface area contributed by atoms with Crippen molar-refractivity contribution in [3.05, 3.63) is 64.4 Å². The Hall–Kier alpha value is -2.66. The molecule has 4 atom stereocenters. The molecule has 6 nitrogen and oxygen atoms in total. The summed E-state index contributed by atoms with van der Waals surface area (Å²) in [5.41, 5.74) is 2.54. The van der Waals surface area contributed by atoms with Gasteiger partial charge in [0.15, 0.2) is 0 Å². The number of urea groups is 1. The summed E-state index contributed by atoms with van der Waals surface area (Å²) in [7, 11) is 0. The Kier molecular flexibility index (Phi) is 7.71. The molecule has 0 bridgehead atoms. The second-order valence-corrected chi connectivity index (χ2v) is 11.3. The third kappa shape index (κ3) is 5.62. The number of carbonyl (C=O) groups is 1. The number of hydrogen-bond acceptors (Lipinski definition) is 4. The highest BCUT2D eigenvalue weighted by Gasteiger charge is 2.58. The first-order chi connectivity index (χ1) is 17.9. The summed E-state index contributed by atoms with van der Waals surface area (Å²) >= 11 is 5.95. The van der Waals surface area contributed by atoms with Crippen molar-refractivity contribution in [1.82, 2.24) is 9.80 Å². The molecule has 2 saturated carbocycles. The van der Waals surface area contributed by atoms with Crippen molar-refractivity contribution in [2.45, 2.75) is 50.0 Å². The molecule has 1 heterocycles. The third-order valence-corrected chi connectivity index (χ3v) is 8.96. The van der Waals surface area contributed by atoms with Crippen LogP contribution in [0.5, 0.6) is 0 Å². The molecule has 3 aliphatic rings. The van der Waals surface area contributed by atoms with Crippen molar-refractivity contribution < 1.29 is 14.3 Å². The number of piperidine rings is 1. The van der Waals surface area contributed by atoms with E-state index in [1.165, 1.54) is 23.8 Å². The van der Waals surface area contributed by atoms with Gasteiger partial charge in [0.05, 0.1) is 16.7 Å². The van der Waals surface area contributed by atoms with Crippen LogP contribution in [0.25, 0.3) is 0 Å². The van der Waals surface area contributed by atoms with E-state index >= 15 is 0 Å². The van der Waals surface area contributed by atoms with Crippen molar-refractivity contribution in [2.75, 3.05) is 38.1 Å². The molecular formula is C29H34ClFN4O2. The number of aliphatic hydroxyl groups is 1. The Morgan fingerprint density at radius 2 is 2.16 bits per heavy atom. The molecule has 2 N–H and O–H groups in total. The lowest BCUT2D eigenvalue weighted by Crippen LogP contribution is -2.49. The lowest BCUT2D eigenvalue weighted by molar-refractivity contribution is 0.101. The first kappa shape index (κ1) is 26.0. The number of fused-ring (bicyclic) bond motifs is 1. The summed E-state index contributed by atoms with van der Waals surface area (Å²) in [6, 6.07) is 14.4. The average molecular weight is 525 g/mol. The fourth-order valence-corrected chi connectivity index (χ4v) is 6.70. The number of rotatable bonds is 7. The molecule has 3 fully saturated rings. The standard InChI is InChI=1S/C29H34ClFN4O2/c30-26-15-24(6-7-27(26)31)33-28(37)35(12-11-34-10-2-4-21(18-34)19-36)25-8-9-29(16-23(29)14-25)22-5-1-3-20(13-22)17-32/h1,3,5-7,13,15,21,23,25,36H,2,4,8-12,14,16,18-19H2,(H,33,37)/t21?,23?,25-,29-/m1/s1. The quantitative estimate of drug-likeness (QED) is 0.508. The summed E-state index contributed by atoms with van der Waals surface area (Å²) < 4.78 is 13.6. The summed E-state index contributed by atoms with van der Waals surface area (Å²) in [6.07, 6.45) is 5.99. The van der Waals surface area contributed by atoms with Gasteiger partial charge in [-0.2, -0.15) is 5.26 Å². The number of hydrogen-bond donors (Lipinski definition) is 2. The van der Waals surface area contributed by atoms with Gasteiger partial charge in [0.2, 0.25) is 0 Å². The van der Waals surface area contributed by atoms with Gasteiger partial charge in [-0.25, -0.2) is 9.18 Å². The first-order valence-electron chi connectivity index (χ1n) is 13.3. The van der Waals surface area contributed by atoms with Gasteiger partial charge in [0.25, 0.3) is 0 Å². The number of halogens is 2. The number of nitrogens with one attached hydrogen (secondary N) is 1. The van der Waals surface area contributed by atoms with E-state index in [9.17, 15) is 19.6 Å². The van der Waals surface area contributed by atoms with Crippen LogP contribution < -0.4 is 5.32 Å². The molecule has 5 rings (SSSR count). The SMILES string of the molecule is N#Cc1cccc([C@]23CC[C@@H](N(CCN4CCCC(CO)C4)C(=O)Nc4ccc(F)c(Cl)c4)CC2C3)c1. The van der Waals surface area contributed by atoms with E-state index in [0.717, 1.165) is 58.2 Å². The van der Waals surface area contributed by atoms with E-state index in [1.807, 2.05) is 23.1 Å².